The average molecular weight is 487 g/mol. The van der Waals surface area contributed by atoms with Crippen molar-refractivity contribution in [2.75, 3.05) is 51.7 Å². The van der Waals surface area contributed by atoms with E-state index < -0.39 is 10.0 Å². The Morgan fingerprint density at radius 1 is 1.00 bits per heavy atom. The molecule has 186 valence electrons. The minimum absolute atomic E-state index is 0.0345. The molecule has 0 aliphatic carbocycles. The molecule has 2 aromatic carbocycles. The predicted octanol–water partition coefficient (Wildman–Crippen LogP) is 3.74. The third-order valence-corrected chi connectivity index (χ3v) is 8.39. The summed E-state index contributed by atoms with van der Waals surface area (Å²) in [5, 5.41) is 3.12. The fourth-order valence-electron chi connectivity index (χ4n) is 4.56. The quantitative estimate of drug-likeness (QED) is 0.554. The van der Waals surface area contributed by atoms with E-state index in [0.29, 0.717) is 12.1 Å². The molecule has 0 aromatic heterocycles. The minimum atomic E-state index is -3.65. The summed E-state index contributed by atoms with van der Waals surface area (Å²) in [4.78, 5) is 18.2. The van der Waals surface area contributed by atoms with Gasteiger partial charge in [0.25, 0.3) is 5.91 Å². The van der Waals surface area contributed by atoms with Crippen molar-refractivity contribution in [3.63, 3.8) is 0 Å². The van der Waals surface area contributed by atoms with E-state index in [9.17, 15) is 13.2 Å². The van der Waals surface area contributed by atoms with Gasteiger partial charge in [-0.25, -0.2) is 12.7 Å². The lowest BCUT2D eigenvalue weighted by atomic mass is 10.0. The summed E-state index contributed by atoms with van der Waals surface area (Å²) in [7, 11) is -0.645. The van der Waals surface area contributed by atoms with E-state index in [2.05, 4.69) is 41.1 Å². The summed E-state index contributed by atoms with van der Waals surface area (Å²) in [6.45, 7) is 8.13. The van der Waals surface area contributed by atoms with E-state index in [1.807, 2.05) is 18.2 Å². The van der Waals surface area contributed by atoms with Gasteiger partial charge in [-0.3, -0.25) is 9.69 Å². The highest BCUT2D eigenvalue weighted by Crippen LogP contribution is 2.28. The van der Waals surface area contributed by atoms with Crippen LogP contribution in [0, 0.1) is 0 Å². The lowest BCUT2D eigenvalue weighted by molar-refractivity contribution is 0.0935. The third kappa shape index (κ3) is 5.98. The van der Waals surface area contributed by atoms with Crippen molar-refractivity contribution in [2.45, 2.75) is 44.0 Å². The smallest absolute Gasteiger partial charge is 0.253 e. The number of nitrogens with zero attached hydrogens (tertiary/aromatic N) is 3. The van der Waals surface area contributed by atoms with Gasteiger partial charge < -0.3 is 10.2 Å². The van der Waals surface area contributed by atoms with Crippen LogP contribution in [0.5, 0.6) is 0 Å². The standard InChI is InChI=1S/C26H38N4O3S/c1-5-29(6-2)25(21-13-9-7-10-14-21)20-27-26(31)23-19-22(34(32,33)28(3)4)15-16-24(23)30-17-11-8-12-18-30/h7,9-10,13-16,19,25H,5-6,8,11-12,17-18,20H2,1-4H3,(H,27,31). The van der Waals surface area contributed by atoms with Crippen molar-refractivity contribution in [2.24, 2.45) is 0 Å². The lowest BCUT2D eigenvalue weighted by Gasteiger charge is -2.32. The van der Waals surface area contributed by atoms with Crippen LogP contribution in [0.2, 0.25) is 0 Å². The predicted molar refractivity (Wildman–Crippen MR) is 138 cm³/mol. The first-order valence-electron chi connectivity index (χ1n) is 12.2. The molecule has 0 bridgehead atoms. The number of rotatable bonds is 10. The Labute approximate surface area is 204 Å². The Morgan fingerprint density at radius 2 is 1.65 bits per heavy atom. The number of likely N-dealkylation sites (N-methyl/N-ethyl adjacent to an activating group) is 1. The summed E-state index contributed by atoms with van der Waals surface area (Å²) in [5.74, 6) is -0.246. The number of hydrogen-bond donors (Lipinski definition) is 1. The number of hydrogen-bond acceptors (Lipinski definition) is 5. The van der Waals surface area contributed by atoms with Gasteiger partial charge in [-0.15, -0.1) is 0 Å². The first-order valence-corrected chi connectivity index (χ1v) is 13.6. The van der Waals surface area contributed by atoms with Crippen LogP contribution >= 0.6 is 0 Å². The fraction of sp³-hybridized carbons (Fsp3) is 0.500. The van der Waals surface area contributed by atoms with Crippen LogP contribution in [-0.2, 0) is 10.0 Å². The molecule has 0 radical (unpaired) electrons. The molecule has 1 atom stereocenters. The molecule has 3 rings (SSSR count). The van der Waals surface area contributed by atoms with Gasteiger partial charge in [0.1, 0.15) is 0 Å². The molecule has 0 spiro atoms. The van der Waals surface area contributed by atoms with E-state index in [0.717, 1.165) is 50.3 Å². The topological polar surface area (TPSA) is 73.0 Å². The second-order valence-corrected chi connectivity index (χ2v) is 11.0. The zero-order valence-corrected chi connectivity index (χ0v) is 21.6. The molecule has 1 aliphatic rings. The average Bonchev–Trinajstić information content (AvgIpc) is 2.87. The summed E-state index contributed by atoms with van der Waals surface area (Å²) in [5.41, 5.74) is 2.36. The van der Waals surface area contributed by atoms with Crippen molar-refractivity contribution in [3.05, 3.63) is 59.7 Å². The first-order chi connectivity index (χ1) is 16.3. The second kappa shape index (κ2) is 11.8. The molecular weight excluding hydrogens is 448 g/mol. The van der Waals surface area contributed by atoms with E-state index in [1.54, 1.807) is 12.1 Å². The molecule has 1 unspecified atom stereocenters. The van der Waals surface area contributed by atoms with Crippen LogP contribution in [-0.4, -0.2) is 70.3 Å². The Balaban J connectivity index is 1.93. The first kappa shape index (κ1) is 26.2. The molecule has 1 amide bonds. The van der Waals surface area contributed by atoms with E-state index in [4.69, 9.17) is 0 Å². The van der Waals surface area contributed by atoms with Crippen molar-refractivity contribution in [1.82, 2.24) is 14.5 Å². The maximum atomic E-state index is 13.5. The maximum Gasteiger partial charge on any atom is 0.253 e. The van der Waals surface area contributed by atoms with E-state index >= 15 is 0 Å². The zero-order chi connectivity index (χ0) is 24.7. The van der Waals surface area contributed by atoms with Gasteiger partial charge in [0.05, 0.1) is 16.5 Å². The Hall–Kier alpha value is -2.42. The molecule has 0 saturated carbocycles. The molecule has 1 aliphatic heterocycles. The number of carbonyl (C=O) groups excluding carboxylic acids is 1. The van der Waals surface area contributed by atoms with Gasteiger partial charge in [0.15, 0.2) is 0 Å². The number of amides is 1. The van der Waals surface area contributed by atoms with Crippen molar-refractivity contribution >= 4 is 21.6 Å². The Kier molecular flexibility index (Phi) is 9.10. The van der Waals surface area contributed by atoms with Crippen LogP contribution < -0.4 is 10.2 Å². The van der Waals surface area contributed by atoms with E-state index in [-0.39, 0.29) is 16.8 Å². The highest BCUT2D eigenvalue weighted by atomic mass is 32.2. The van der Waals surface area contributed by atoms with Crippen molar-refractivity contribution in [1.29, 1.82) is 0 Å². The molecule has 1 saturated heterocycles. The largest absolute Gasteiger partial charge is 0.371 e. The molecule has 1 fully saturated rings. The molecule has 1 heterocycles. The van der Waals surface area contributed by atoms with Gasteiger partial charge in [-0.2, -0.15) is 0 Å². The van der Waals surface area contributed by atoms with Crippen LogP contribution in [0.1, 0.15) is 55.1 Å². The van der Waals surface area contributed by atoms with Crippen LogP contribution in [0.3, 0.4) is 0 Å². The maximum absolute atomic E-state index is 13.5. The van der Waals surface area contributed by atoms with Crippen LogP contribution in [0.4, 0.5) is 5.69 Å². The van der Waals surface area contributed by atoms with Gasteiger partial charge in [0, 0.05) is 39.4 Å². The number of nitrogens with one attached hydrogen (secondary N) is 1. The highest BCUT2D eigenvalue weighted by Gasteiger charge is 2.25. The van der Waals surface area contributed by atoms with Gasteiger partial charge in [-0.05, 0) is 56.1 Å². The third-order valence-electron chi connectivity index (χ3n) is 6.58. The van der Waals surface area contributed by atoms with Crippen LogP contribution in [0.15, 0.2) is 53.4 Å². The van der Waals surface area contributed by atoms with Gasteiger partial charge in [0.2, 0.25) is 10.0 Å². The summed E-state index contributed by atoms with van der Waals surface area (Å²) < 4.78 is 26.7. The minimum Gasteiger partial charge on any atom is -0.371 e. The highest BCUT2D eigenvalue weighted by molar-refractivity contribution is 7.89. The van der Waals surface area contributed by atoms with Crippen LogP contribution in [0.25, 0.3) is 0 Å². The van der Waals surface area contributed by atoms with Crippen molar-refractivity contribution in [3.8, 4) is 0 Å². The Bertz CT molecular complexity index is 1050. The summed E-state index contributed by atoms with van der Waals surface area (Å²) in [6, 6.07) is 15.1. The molecule has 7 nitrogen and oxygen atoms in total. The summed E-state index contributed by atoms with van der Waals surface area (Å²) >= 11 is 0. The second-order valence-electron chi connectivity index (χ2n) is 8.87. The SMILES string of the molecule is CCN(CC)C(CNC(=O)c1cc(S(=O)(=O)N(C)C)ccc1N1CCCCC1)c1ccccc1. The summed E-state index contributed by atoms with van der Waals surface area (Å²) in [6.07, 6.45) is 3.31. The zero-order valence-electron chi connectivity index (χ0n) is 20.8. The Morgan fingerprint density at radius 3 is 2.24 bits per heavy atom. The van der Waals surface area contributed by atoms with Gasteiger partial charge >= 0.3 is 0 Å². The number of benzene rings is 2. The normalized spacial score (nSPS) is 15.5. The molecule has 2 aromatic rings. The fourth-order valence-corrected chi connectivity index (χ4v) is 5.49. The molecule has 8 heteroatoms. The van der Waals surface area contributed by atoms with E-state index in [1.165, 1.54) is 30.9 Å². The number of sulfonamides is 1. The van der Waals surface area contributed by atoms with Gasteiger partial charge in [-0.1, -0.05) is 44.2 Å². The molecule has 34 heavy (non-hydrogen) atoms. The van der Waals surface area contributed by atoms with Crippen molar-refractivity contribution < 1.29 is 13.2 Å². The molecular formula is C26H38N4O3S. The number of carbonyl (C=O) groups is 1. The lowest BCUT2D eigenvalue weighted by Crippen LogP contribution is -2.39. The monoisotopic (exact) mass is 486 g/mol. The number of anilines is 1. The molecule has 1 N–H and O–H groups in total. The number of piperidine rings is 1.